The van der Waals surface area contributed by atoms with Gasteiger partial charge >= 0.3 is 5.97 Å². The Morgan fingerprint density at radius 2 is 1.94 bits per heavy atom. The fraction of sp³-hybridized carbons (Fsp3) is 0.462. The lowest BCUT2D eigenvalue weighted by atomic mass is 9.79. The Balaban J connectivity index is 2.17. The number of aliphatic carboxylic acids is 1. The fourth-order valence-corrected chi connectivity index (χ4v) is 2.15. The molecular weight excluding hydrogens is 204 g/mol. The molecule has 0 heterocycles. The molecule has 0 saturated heterocycles. The van der Waals surface area contributed by atoms with Crippen LogP contribution in [0.1, 0.15) is 25.3 Å². The van der Waals surface area contributed by atoms with E-state index in [0.29, 0.717) is 12.3 Å². The number of hydrogen-bond acceptors (Lipinski definition) is 2. The van der Waals surface area contributed by atoms with Gasteiger partial charge in [-0.05, 0) is 49.8 Å². The van der Waals surface area contributed by atoms with E-state index in [0.717, 1.165) is 18.4 Å². The van der Waals surface area contributed by atoms with Crippen LogP contribution in [0, 0.1) is 11.3 Å². The van der Waals surface area contributed by atoms with Gasteiger partial charge in [0.2, 0.25) is 0 Å². The van der Waals surface area contributed by atoms with Crippen molar-refractivity contribution in [2.45, 2.75) is 26.2 Å². The molecule has 2 N–H and O–H groups in total. The van der Waals surface area contributed by atoms with E-state index < -0.39 is 11.4 Å². The van der Waals surface area contributed by atoms with Gasteiger partial charge in [0.25, 0.3) is 0 Å². The molecule has 2 rings (SSSR count). The van der Waals surface area contributed by atoms with Crippen LogP contribution in [0.25, 0.3) is 0 Å². The lowest BCUT2D eigenvalue weighted by Crippen LogP contribution is -2.32. The van der Waals surface area contributed by atoms with Crippen molar-refractivity contribution in [3.63, 3.8) is 0 Å². The predicted molar refractivity (Wildman–Crippen MR) is 60.3 cm³/mol. The van der Waals surface area contributed by atoms with E-state index in [2.05, 4.69) is 0 Å². The Kier molecular flexibility index (Phi) is 2.62. The Labute approximate surface area is 94.7 Å². The maximum Gasteiger partial charge on any atom is 0.309 e. The van der Waals surface area contributed by atoms with Crippen LogP contribution in [0.4, 0.5) is 0 Å². The lowest BCUT2D eigenvalue weighted by molar-refractivity contribution is -0.149. The molecule has 1 saturated carbocycles. The van der Waals surface area contributed by atoms with Gasteiger partial charge in [-0.15, -0.1) is 0 Å². The zero-order valence-corrected chi connectivity index (χ0v) is 9.31. The van der Waals surface area contributed by atoms with Crippen LogP contribution in [-0.2, 0) is 11.2 Å². The number of aromatic hydroxyl groups is 1. The number of phenolic OH excluding ortho intramolecular Hbond substituents is 1. The van der Waals surface area contributed by atoms with Crippen LogP contribution in [0.2, 0.25) is 0 Å². The van der Waals surface area contributed by atoms with Crippen LogP contribution in [0.5, 0.6) is 5.75 Å². The molecule has 0 bridgehead atoms. The van der Waals surface area contributed by atoms with E-state index in [1.54, 1.807) is 24.3 Å². The van der Waals surface area contributed by atoms with E-state index in [9.17, 15) is 9.90 Å². The van der Waals surface area contributed by atoms with Gasteiger partial charge < -0.3 is 10.2 Å². The van der Waals surface area contributed by atoms with Gasteiger partial charge in [0.1, 0.15) is 5.75 Å². The van der Waals surface area contributed by atoms with E-state index in [1.165, 1.54) is 0 Å². The van der Waals surface area contributed by atoms with Gasteiger partial charge in [0.15, 0.2) is 0 Å². The second-order valence-corrected chi connectivity index (χ2v) is 4.84. The fourth-order valence-electron chi connectivity index (χ4n) is 2.15. The molecular formula is C13H16O3. The van der Waals surface area contributed by atoms with Crippen LogP contribution in [0.3, 0.4) is 0 Å². The minimum absolute atomic E-state index is 0.215. The third-order valence-electron chi connectivity index (χ3n) is 3.47. The highest BCUT2D eigenvalue weighted by molar-refractivity contribution is 5.75. The van der Waals surface area contributed by atoms with Crippen LogP contribution in [0.15, 0.2) is 24.3 Å². The summed E-state index contributed by atoms with van der Waals surface area (Å²) in [6.07, 6.45) is 2.56. The van der Waals surface area contributed by atoms with E-state index >= 15 is 0 Å². The Bertz CT molecular complexity index is 392. The first-order valence-corrected chi connectivity index (χ1v) is 5.53. The molecule has 1 unspecified atom stereocenters. The summed E-state index contributed by atoms with van der Waals surface area (Å²) in [6, 6.07) is 6.78. The van der Waals surface area contributed by atoms with Crippen molar-refractivity contribution in [2.24, 2.45) is 11.3 Å². The largest absolute Gasteiger partial charge is 0.508 e. The minimum atomic E-state index is -0.719. The van der Waals surface area contributed by atoms with E-state index in [1.807, 2.05) is 6.92 Å². The number of hydrogen-bond donors (Lipinski definition) is 2. The second kappa shape index (κ2) is 3.81. The van der Waals surface area contributed by atoms with Gasteiger partial charge in [-0.2, -0.15) is 0 Å². The Hall–Kier alpha value is -1.51. The number of benzene rings is 1. The topological polar surface area (TPSA) is 57.5 Å². The maximum atomic E-state index is 11.3. The summed E-state index contributed by atoms with van der Waals surface area (Å²) in [5.41, 5.74) is 0.311. The summed E-state index contributed by atoms with van der Waals surface area (Å²) in [5.74, 6) is -0.200. The van der Waals surface area contributed by atoms with Crippen molar-refractivity contribution in [1.29, 1.82) is 0 Å². The number of phenols is 1. The molecule has 3 heteroatoms. The highest BCUT2D eigenvalue weighted by Crippen LogP contribution is 2.47. The second-order valence-electron chi connectivity index (χ2n) is 4.84. The normalized spacial score (nSPS) is 19.1. The number of carboxylic acids is 1. The summed E-state index contributed by atoms with van der Waals surface area (Å²) in [7, 11) is 0. The smallest absolute Gasteiger partial charge is 0.309 e. The molecule has 3 nitrogen and oxygen atoms in total. The van der Waals surface area contributed by atoms with E-state index in [4.69, 9.17) is 5.11 Å². The standard InChI is InChI=1S/C13H16O3/c1-13(12(15)16,10-4-5-10)8-9-2-6-11(14)7-3-9/h2-3,6-7,10,14H,4-5,8H2,1H3,(H,15,16). The molecule has 1 aliphatic carbocycles. The van der Waals surface area contributed by atoms with Gasteiger partial charge in [-0.3, -0.25) is 4.79 Å². The van der Waals surface area contributed by atoms with Gasteiger partial charge in [0, 0.05) is 0 Å². The van der Waals surface area contributed by atoms with Gasteiger partial charge in [-0.1, -0.05) is 12.1 Å². The molecule has 0 spiro atoms. The molecule has 0 radical (unpaired) electrons. The molecule has 1 atom stereocenters. The summed E-state index contributed by atoms with van der Waals surface area (Å²) in [6.45, 7) is 1.82. The monoisotopic (exact) mass is 220 g/mol. The van der Waals surface area contributed by atoms with Crippen LogP contribution in [-0.4, -0.2) is 16.2 Å². The average Bonchev–Trinajstić information content (AvgIpc) is 3.04. The van der Waals surface area contributed by atoms with Crippen molar-refractivity contribution in [1.82, 2.24) is 0 Å². The van der Waals surface area contributed by atoms with Crippen LogP contribution >= 0.6 is 0 Å². The van der Waals surface area contributed by atoms with Gasteiger partial charge in [0.05, 0.1) is 5.41 Å². The summed E-state index contributed by atoms with van der Waals surface area (Å²) >= 11 is 0. The summed E-state index contributed by atoms with van der Waals surface area (Å²) < 4.78 is 0. The summed E-state index contributed by atoms with van der Waals surface area (Å²) in [4.78, 5) is 11.3. The van der Waals surface area contributed by atoms with E-state index in [-0.39, 0.29) is 5.75 Å². The maximum absolute atomic E-state index is 11.3. The first kappa shape index (κ1) is 11.0. The molecule has 1 fully saturated rings. The third-order valence-corrected chi connectivity index (χ3v) is 3.47. The number of carboxylic acid groups (broad SMARTS) is 1. The Morgan fingerprint density at radius 1 is 1.38 bits per heavy atom. The molecule has 1 aliphatic rings. The molecule has 86 valence electrons. The van der Waals surface area contributed by atoms with Gasteiger partial charge in [-0.25, -0.2) is 0 Å². The third kappa shape index (κ3) is 2.03. The lowest BCUT2D eigenvalue weighted by Gasteiger charge is -2.24. The molecule has 0 aromatic heterocycles. The zero-order valence-electron chi connectivity index (χ0n) is 9.31. The first-order chi connectivity index (χ1) is 7.52. The van der Waals surface area contributed by atoms with Crippen LogP contribution < -0.4 is 0 Å². The molecule has 1 aromatic rings. The molecule has 0 amide bonds. The summed E-state index contributed by atoms with van der Waals surface area (Å²) in [5, 5.41) is 18.5. The molecule has 1 aromatic carbocycles. The highest BCUT2D eigenvalue weighted by Gasteiger charge is 2.47. The quantitative estimate of drug-likeness (QED) is 0.819. The van der Waals surface area contributed by atoms with Crippen molar-refractivity contribution in [2.75, 3.05) is 0 Å². The average molecular weight is 220 g/mol. The van der Waals surface area contributed by atoms with Crippen molar-refractivity contribution in [3.05, 3.63) is 29.8 Å². The van der Waals surface area contributed by atoms with Crippen molar-refractivity contribution in [3.8, 4) is 5.75 Å². The zero-order chi connectivity index (χ0) is 11.8. The van der Waals surface area contributed by atoms with Crippen molar-refractivity contribution < 1.29 is 15.0 Å². The predicted octanol–water partition coefficient (Wildman–Crippen LogP) is 2.44. The first-order valence-electron chi connectivity index (χ1n) is 5.53. The SMILES string of the molecule is CC(Cc1ccc(O)cc1)(C(=O)O)C1CC1. The number of rotatable bonds is 4. The minimum Gasteiger partial charge on any atom is -0.508 e. The van der Waals surface area contributed by atoms with Crippen molar-refractivity contribution >= 4 is 5.97 Å². The Morgan fingerprint density at radius 3 is 2.38 bits per heavy atom. The highest BCUT2D eigenvalue weighted by atomic mass is 16.4. The molecule has 16 heavy (non-hydrogen) atoms. The number of carbonyl (C=O) groups is 1. The molecule has 0 aliphatic heterocycles.